The molecule has 0 N–H and O–H groups in total. The molecule has 0 spiro atoms. The monoisotopic (exact) mass is 474 g/mol. The van der Waals surface area contributed by atoms with E-state index in [1.807, 2.05) is 19.1 Å². The highest BCUT2D eigenvalue weighted by Crippen LogP contribution is 2.48. The highest BCUT2D eigenvalue weighted by Gasteiger charge is 2.39. The second-order valence-corrected chi connectivity index (χ2v) is 9.72. The first-order valence-electron chi connectivity index (χ1n) is 12.3. The molecule has 0 saturated heterocycles. The Morgan fingerprint density at radius 1 is 1.03 bits per heavy atom. The Kier molecular flexibility index (Phi) is 6.50. The van der Waals surface area contributed by atoms with Crippen LogP contribution in [0.4, 0.5) is 4.39 Å². The van der Waals surface area contributed by atoms with Crippen LogP contribution in [-0.4, -0.2) is 26.8 Å². The van der Waals surface area contributed by atoms with E-state index in [-0.39, 0.29) is 29.5 Å². The number of ether oxygens (including phenoxy) is 3. The maximum Gasteiger partial charge on any atom is 0.309 e. The first-order valence-corrected chi connectivity index (χ1v) is 12.3. The van der Waals surface area contributed by atoms with Gasteiger partial charge >= 0.3 is 5.97 Å². The molecule has 3 unspecified atom stereocenters. The summed E-state index contributed by atoms with van der Waals surface area (Å²) < 4.78 is 30.8. The largest absolute Gasteiger partial charge is 0.497 e. The first kappa shape index (κ1) is 23.4. The molecule has 5 rings (SSSR count). The Morgan fingerprint density at radius 2 is 1.80 bits per heavy atom. The van der Waals surface area contributed by atoms with Crippen LogP contribution in [0.1, 0.15) is 48.3 Å². The van der Waals surface area contributed by atoms with Gasteiger partial charge in [0.15, 0.2) is 0 Å². The lowest BCUT2D eigenvalue weighted by Crippen LogP contribution is -2.23. The highest BCUT2D eigenvalue weighted by molar-refractivity contribution is 5.73. The van der Waals surface area contributed by atoms with Gasteiger partial charge in [-0.2, -0.15) is 0 Å². The number of esters is 1. The summed E-state index contributed by atoms with van der Waals surface area (Å²) in [6.07, 6.45) is 3.17. The van der Waals surface area contributed by atoms with Crippen molar-refractivity contribution in [3.63, 3.8) is 0 Å². The van der Waals surface area contributed by atoms with Crippen molar-refractivity contribution in [2.75, 3.05) is 20.8 Å². The number of benzene rings is 3. The van der Waals surface area contributed by atoms with E-state index in [2.05, 4.69) is 30.3 Å². The van der Waals surface area contributed by atoms with Gasteiger partial charge in [-0.3, -0.25) is 4.79 Å². The minimum Gasteiger partial charge on any atom is -0.497 e. The highest BCUT2D eigenvalue weighted by atomic mass is 19.1. The maximum atomic E-state index is 14.4. The third kappa shape index (κ3) is 4.77. The van der Waals surface area contributed by atoms with Gasteiger partial charge in [0.05, 0.1) is 26.7 Å². The molecule has 0 bridgehead atoms. The Morgan fingerprint density at radius 3 is 2.49 bits per heavy atom. The SMILES string of the molecule is COC(=O)C(C)C(c1ccc2c(c1)CC(c1ccc(-c3cc(OC)ccc3F)cc1)CO2)C1CC1. The molecule has 4 nitrogen and oxygen atoms in total. The van der Waals surface area contributed by atoms with Gasteiger partial charge in [-0.25, -0.2) is 4.39 Å². The number of carbonyl (C=O) groups excluding carboxylic acids is 1. The normalized spacial score (nSPS) is 18.7. The zero-order chi connectivity index (χ0) is 24.5. The van der Waals surface area contributed by atoms with Gasteiger partial charge in [0.1, 0.15) is 17.3 Å². The van der Waals surface area contributed by atoms with E-state index in [0.29, 0.717) is 23.8 Å². The van der Waals surface area contributed by atoms with Crippen molar-refractivity contribution in [3.8, 4) is 22.6 Å². The van der Waals surface area contributed by atoms with Crippen LogP contribution in [0, 0.1) is 17.7 Å². The zero-order valence-electron chi connectivity index (χ0n) is 20.4. The molecule has 35 heavy (non-hydrogen) atoms. The molecule has 5 heteroatoms. The summed E-state index contributed by atoms with van der Waals surface area (Å²) in [7, 11) is 3.04. The maximum absolute atomic E-state index is 14.4. The quantitative estimate of drug-likeness (QED) is 0.366. The summed E-state index contributed by atoms with van der Waals surface area (Å²) >= 11 is 0. The first-order chi connectivity index (χ1) is 17.0. The number of rotatable bonds is 7. The molecule has 1 fully saturated rings. The topological polar surface area (TPSA) is 44.8 Å². The molecule has 1 aliphatic carbocycles. The lowest BCUT2D eigenvalue weighted by atomic mass is 9.81. The average molecular weight is 475 g/mol. The van der Waals surface area contributed by atoms with Crippen LogP contribution in [0.5, 0.6) is 11.5 Å². The number of fused-ring (bicyclic) bond motifs is 1. The van der Waals surface area contributed by atoms with E-state index in [1.54, 1.807) is 19.2 Å². The van der Waals surface area contributed by atoms with E-state index in [9.17, 15) is 9.18 Å². The van der Waals surface area contributed by atoms with Crippen molar-refractivity contribution in [1.82, 2.24) is 0 Å². The molecule has 1 aliphatic heterocycles. The third-order valence-corrected chi connectivity index (χ3v) is 7.48. The number of halogens is 1. The van der Waals surface area contributed by atoms with E-state index in [4.69, 9.17) is 14.2 Å². The minimum absolute atomic E-state index is 0.152. The third-order valence-electron chi connectivity index (χ3n) is 7.48. The lowest BCUT2D eigenvalue weighted by Gasteiger charge is -2.28. The van der Waals surface area contributed by atoms with Crippen molar-refractivity contribution < 1.29 is 23.4 Å². The standard InChI is InChI=1S/C30H31FO4/c1-18(30(32)34-3)29(21-8-9-21)22-10-13-28-23(14-22)15-24(17-35-28)19-4-6-20(7-5-19)26-16-25(33-2)11-12-27(26)31/h4-7,10-14,16,18,21,24,29H,8-9,15,17H2,1-3H3. The Balaban J connectivity index is 1.37. The summed E-state index contributed by atoms with van der Waals surface area (Å²) in [5.74, 6) is 1.87. The second-order valence-electron chi connectivity index (χ2n) is 9.72. The number of methoxy groups -OCH3 is 2. The fraction of sp³-hybridized carbons (Fsp3) is 0.367. The van der Waals surface area contributed by atoms with Gasteiger partial charge in [0.2, 0.25) is 0 Å². The predicted molar refractivity (Wildman–Crippen MR) is 133 cm³/mol. The molecular weight excluding hydrogens is 443 g/mol. The van der Waals surface area contributed by atoms with Crippen molar-refractivity contribution in [3.05, 3.63) is 83.2 Å². The van der Waals surface area contributed by atoms with Gasteiger partial charge in [0, 0.05) is 11.5 Å². The van der Waals surface area contributed by atoms with Gasteiger partial charge in [-0.15, -0.1) is 0 Å². The Labute approximate surface area is 206 Å². The molecule has 182 valence electrons. The van der Waals surface area contributed by atoms with Crippen LogP contribution in [0.2, 0.25) is 0 Å². The molecule has 3 aromatic rings. The number of carbonyl (C=O) groups is 1. The predicted octanol–water partition coefficient (Wildman–Crippen LogP) is 6.52. The van der Waals surface area contributed by atoms with Crippen molar-refractivity contribution in [2.24, 2.45) is 11.8 Å². The van der Waals surface area contributed by atoms with Crippen LogP contribution >= 0.6 is 0 Å². The second kappa shape index (κ2) is 9.73. The molecule has 3 aromatic carbocycles. The van der Waals surface area contributed by atoms with Crippen molar-refractivity contribution in [2.45, 2.75) is 38.0 Å². The molecule has 1 heterocycles. The fourth-order valence-corrected chi connectivity index (χ4v) is 5.38. The Hall–Kier alpha value is -3.34. The van der Waals surface area contributed by atoms with Crippen LogP contribution in [0.3, 0.4) is 0 Å². The van der Waals surface area contributed by atoms with Gasteiger partial charge in [-0.1, -0.05) is 43.3 Å². The fourth-order valence-electron chi connectivity index (χ4n) is 5.38. The Bertz CT molecular complexity index is 1220. The molecule has 0 aromatic heterocycles. The van der Waals surface area contributed by atoms with E-state index in [0.717, 1.165) is 36.1 Å². The summed E-state index contributed by atoms with van der Waals surface area (Å²) in [5.41, 5.74) is 4.86. The zero-order valence-corrected chi connectivity index (χ0v) is 20.4. The number of hydrogen-bond acceptors (Lipinski definition) is 4. The minimum atomic E-state index is -0.271. The summed E-state index contributed by atoms with van der Waals surface area (Å²) in [6.45, 7) is 2.57. The lowest BCUT2D eigenvalue weighted by molar-refractivity contribution is -0.145. The van der Waals surface area contributed by atoms with Crippen LogP contribution in [-0.2, 0) is 16.0 Å². The average Bonchev–Trinajstić information content (AvgIpc) is 3.73. The molecule has 0 amide bonds. The molecule has 1 saturated carbocycles. The molecular formula is C30H31FO4. The smallest absolute Gasteiger partial charge is 0.309 e. The molecule has 2 aliphatic rings. The van der Waals surface area contributed by atoms with Gasteiger partial charge in [0.25, 0.3) is 0 Å². The number of hydrogen-bond donors (Lipinski definition) is 0. The van der Waals surface area contributed by atoms with E-state index in [1.165, 1.54) is 24.3 Å². The summed E-state index contributed by atoms with van der Waals surface area (Å²) in [5, 5.41) is 0. The van der Waals surface area contributed by atoms with Crippen LogP contribution in [0.25, 0.3) is 11.1 Å². The van der Waals surface area contributed by atoms with Crippen molar-refractivity contribution >= 4 is 5.97 Å². The van der Waals surface area contributed by atoms with Gasteiger partial charge in [-0.05, 0) is 77.6 Å². The van der Waals surface area contributed by atoms with Crippen molar-refractivity contribution in [1.29, 1.82) is 0 Å². The van der Waals surface area contributed by atoms with E-state index < -0.39 is 0 Å². The molecule has 0 radical (unpaired) electrons. The summed E-state index contributed by atoms with van der Waals surface area (Å²) in [4.78, 5) is 12.3. The van der Waals surface area contributed by atoms with Gasteiger partial charge < -0.3 is 14.2 Å². The summed E-state index contributed by atoms with van der Waals surface area (Å²) in [6, 6.07) is 19.2. The van der Waals surface area contributed by atoms with Crippen LogP contribution in [0.15, 0.2) is 60.7 Å². The van der Waals surface area contributed by atoms with Crippen LogP contribution < -0.4 is 9.47 Å². The van der Waals surface area contributed by atoms with E-state index >= 15 is 0 Å². The molecule has 3 atom stereocenters.